The lowest BCUT2D eigenvalue weighted by atomic mass is 10.0. The predicted molar refractivity (Wildman–Crippen MR) is 55.7 cm³/mol. The second-order valence-electron chi connectivity index (χ2n) is 4.94. The molecule has 2 aliphatic carbocycles. The van der Waals surface area contributed by atoms with Gasteiger partial charge in [-0.05, 0) is 49.1 Å². The second-order valence-corrected chi connectivity index (χ2v) is 4.94. The lowest BCUT2D eigenvalue weighted by molar-refractivity contribution is 0.0684. The van der Waals surface area contributed by atoms with Crippen molar-refractivity contribution < 1.29 is 9.90 Å². The Bertz CT molecular complexity index is 386. The highest BCUT2D eigenvalue weighted by Gasteiger charge is 2.45. The van der Waals surface area contributed by atoms with Crippen LogP contribution in [0.5, 0.6) is 0 Å². The summed E-state index contributed by atoms with van der Waals surface area (Å²) in [6.45, 7) is 0.891. The molecular formula is C12H15NO2. The summed E-state index contributed by atoms with van der Waals surface area (Å²) < 4.78 is 1.89. The fraction of sp³-hybridized carbons (Fsp3) is 0.583. The lowest BCUT2D eigenvalue weighted by Gasteiger charge is -2.14. The van der Waals surface area contributed by atoms with E-state index >= 15 is 0 Å². The maximum Gasteiger partial charge on any atom is 0.352 e. The number of carboxylic acids is 1. The third-order valence-electron chi connectivity index (χ3n) is 3.84. The number of aromatic carboxylic acids is 1. The number of carbonyl (C=O) groups is 1. The molecule has 2 unspecified atom stereocenters. The summed E-state index contributed by atoms with van der Waals surface area (Å²) in [5.74, 6) is 1.83. The van der Waals surface area contributed by atoms with Crippen LogP contribution >= 0.6 is 0 Å². The van der Waals surface area contributed by atoms with Crippen molar-refractivity contribution in [2.24, 2.45) is 17.8 Å². The monoisotopic (exact) mass is 205 g/mol. The molecule has 1 aromatic rings. The first kappa shape index (κ1) is 9.01. The molecule has 1 N–H and O–H groups in total. The molecule has 1 aromatic heterocycles. The SMILES string of the molecule is O=C(O)c1cccn1CC1CC2CC2C1. The van der Waals surface area contributed by atoms with Crippen molar-refractivity contribution in [2.45, 2.75) is 25.8 Å². The minimum atomic E-state index is -0.817. The molecule has 3 heteroatoms. The van der Waals surface area contributed by atoms with Gasteiger partial charge in [-0.2, -0.15) is 0 Å². The maximum absolute atomic E-state index is 10.9. The molecule has 80 valence electrons. The van der Waals surface area contributed by atoms with Crippen LogP contribution in [0.2, 0.25) is 0 Å². The zero-order valence-corrected chi connectivity index (χ0v) is 8.60. The summed E-state index contributed by atoms with van der Waals surface area (Å²) in [6.07, 6.45) is 5.92. The Kier molecular flexibility index (Phi) is 1.87. The zero-order valence-electron chi connectivity index (χ0n) is 8.60. The Morgan fingerprint density at radius 1 is 1.40 bits per heavy atom. The Morgan fingerprint density at radius 2 is 2.13 bits per heavy atom. The molecule has 3 nitrogen and oxygen atoms in total. The van der Waals surface area contributed by atoms with Gasteiger partial charge in [-0.1, -0.05) is 0 Å². The molecule has 3 rings (SSSR count). The van der Waals surface area contributed by atoms with Crippen LogP contribution in [0.4, 0.5) is 0 Å². The van der Waals surface area contributed by atoms with E-state index in [0.717, 1.165) is 18.4 Å². The van der Waals surface area contributed by atoms with Crippen molar-refractivity contribution in [2.75, 3.05) is 0 Å². The number of nitrogens with zero attached hydrogens (tertiary/aromatic N) is 1. The average Bonchev–Trinajstić information content (AvgIpc) is 2.65. The molecule has 2 aliphatic rings. The van der Waals surface area contributed by atoms with Gasteiger partial charge >= 0.3 is 5.97 Å². The van der Waals surface area contributed by atoms with E-state index in [1.54, 1.807) is 6.07 Å². The minimum absolute atomic E-state index is 0.426. The third-order valence-corrected chi connectivity index (χ3v) is 3.84. The quantitative estimate of drug-likeness (QED) is 0.822. The molecule has 0 amide bonds. The highest BCUT2D eigenvalue weighted by molar-refractivity contribution is 5.85. The Morgan fingerprint density at radius 3 is 2.80 bits per heavy atom. The van der Waals surface area contributed by atoms with E-state index in [1.165, 1.54) is 19.3 Å². The highest BCUT2D eigenvalue weighted by atomic mass is 16.4. The molecule has 2 fully saturated rings. The van der Waals surface area contributed by atoms with E-state index in [1.807, 2.05) is 16.8 Å². The smallest absolute Gasteiger partial charge is 0.352 e. The van der Waals surface area contributed by atoms with Gasteiger partial charge in [0.2, 0.25) is 0 Å². The van der Waals surface area contributed by atoms with Gasteiger partial charge in [-0.15, -0.1) is 0 Å². The molecule has 0 saturated heterocycles. The summed E-state index contributed by atoms with van der Waals surface area (Å²) in [4.78, 5) is 10.9. The first-order valence-electron chi connectivity index (χ1n) is 5.62. The van der Waals surface area contributed by atoms with Crippen LogP contribution in [0.1, 0.15) is 29.8 Å². The Hall–Kier alpha value is -1.25. The number of rotatable bonds is 3. The first-order valence-corrected chi connectivity index (χ1v) is 5.62. The molecule has 2 saturated carbocycles. The summed E-state index contributed by atoms with van der Waals surface area (Å²) in [7, 11) is 0. The fourth-order valence-electron chi connectivity index (χ4n) is 3.03. The van der Waals surface area contributed by atoms with Crippen molar-refractivity contribution in [1.29, 1.82) is 0 Å². The van der Waals surface area contributed by atoms with Crippen LogP contribution in [-0.2, 0) is 6.54 Å². The third kappa shape index (κ3) is 1.56. The van der Waals surface area contributed by atoms with Crippen LogP contribution in [0.25, 0.3) is 0 Å². The van der Waals surface area contributed by atoms with E-state index in [-0.39, 0.29) is 0 Å². The standard InChI is InChI=1S/C12H15NO2/c14-12(15)11-2-1-3-13(11)7-8-4-9-6-10(9)5-8/h1-3,8-10H,4-7H2,(H,14,15). The molecular weight excluding hydrogens is 190 g/mol. The van der Waals surface area contributed by atoms with Crippen LogP contribution < -0.4 is 0 Å². The van der Waals surface area contributed by atoms with Gasteiger partial charge in [0.15, 0.2) is 0 Å². The molecule has 0 radical (unpaired) electrons. The molecule has 0 spiro atoms. The number of hydrogen-bond acceptors (Lipinski definition) is 1. The van der Waals surface area contributed by atoms with Gasteiger partial charge < -0.3 is 9.67 Å². The van der Waals surface area contributed by atoms with Crippen molar-refractivity contribution in [3.8, 4) is 0 Å². The highest BCUT2D eigenvalue weighted by Crippen LogP contribution is 2.54. The van der Waals surface area contributed by atoms with Gasteiger partial charge in [0.25, 0.3) is 0 Å². The summed E-state index contributed by atoms with van der Waals surface area (Å²) in [5, 5.41) is 8.97. The van der Waals surface area contributed by atoms with Gasteiger partial charge in [-0.25, -0.2) is 4.79 Å². The van der Waals surface area contributed by atoms with Gasteiger partial charge in [0, 0.05) is 12.7 Å². The average molecular weight is 205 g/mol. The molecule has 0 aliphatic heterocycles. The van der Waals surface area contributed by atoms with Crippen LogP contribution in [0, 0.1) is 17.8 Å². The zero-order chi connectivity index (χ0) is 10.4. The van der Waals surface area contributed by atoms with Crippen molar-refractivity contribution in [1.82, 2.24) is 4.57 Å². The van der Waals surface area contributed by atoms with Crippen molar-refractivity contribution in [3.05, 3.63) is 24.0 Å². The van der Waals surface area contributed by atoms with Gasteiger partial charge in [-0.3, -0.25) is 0 Å². The molecule has 1 heterocycles. The van der Waals surface area contributed by atoms with Crippen LogP contribution in [0.3, 0.4) is 0 Å². The number of hydrogen-bond donors (Lipinski definition) is 1. The minimum Gasteiger partial charge on any atom is -0.477 e. The summed E-state index contributed by atoms with van der Waals surface area (Å²) >= 11 is 0. The molecule has 0 aromatic carbocycles. The van der Waals surface area contributed by atoms with E-state index in [9.17, 15) is 4.79 Å². The summed E-state index contributed by atoms with van der Waals surface area (Å²) in [6, 6.07) is 3.50. The van der Waals surface area contributed by atoms with E-state index < -0.39 is 5.97 Å². The number of aromatic nitrogens is 1. The van der Waals surface area contributed by atoms with Crippen LogP contribution in [-0.4, -0.2) is 15.6 Å². The van der Waals surface area contributed by atoms with Crippen molar-refractivity contribution >= 4 is 5.97 Å². The first-order chi connectivity index (χ1) is 7.24. The fourth-order valence-corrected chi connectivity index (χ4v) is 3.03. The second kappa shape index (κ2) is 3.12. The largest absolute Gasteiger partial charge is 0.477 e. The normalized spacial score (nSPS) is 32.7. The number of carboxylic acid groups (broad SMARTS) is 1. The van der Waals surface area contributed by atoms with Gasteiger partial charge in [0.1, 0.15) is 5.69 Å². The van der Waals surface area contributed by atoms with E-state index in [4.69, 9.17) is 5.11 Å². The summed E-state index contributed by atoms with van der Waals surface area (Å²) in [5.41, 5.74) is 0.426. The Labute approximate surface area is 88.7 Å². The topological polar surface area (TPSA) is 42.2 Å². The molecule has 2 atom stereocenters. The maximum atomic E-state index is 10.9. The molecule has 0 bridgehead atoms. The lowest BCUT2D eigenvalue weighted by Crippen LogP contribution is -2.13. The Balaban J connectivity index is 1.70. The predicted octanol–water partition coefficient (Wildman–Crippen LogP) is 2.23. The van der Waals surface area contributed by atoms with Crippen LogP contribution in [0.15, 0.2) is 18.3 Å². The van der Waals surface area contributed by atoms with E-state index in [2.05, 4.69) is 0 Å². The molecule has 15 heavy (non-hydrogen) atoms. The van der Waals surface area contributed by atoms with Crippen molar-refractivity contribution in [3.63, 3.8) is 0 Å². The number of fused-ring (bicyclic) bond motifs is 1. The van der Waals surface area contributed by atoms with E-state index in [0.29, 0.717) is 11.6 Å². The van der Waals surface area contributed by atoms with Gasteiger partial charge in [0.05, 0.1) is 0 Å².